The number of pyridine rings is 4. The number of nitrogens with zero attached hydrogens (tertiary/aromatic N) is 6. The Morgan fingerprint density at radius 3 is 2.41 bits per heavy atom. The van der Waals surface area contributed by atoms with E-state index in [1.807, 2.05) is 25.4 Å². The Morgan fingerprint density at radius 2 is 1.68 bits per heavy atom. The van der Waals surface area contributed by atoms with Crippen LogP contribution in [-0.4, -0.2) is 29.3 Å². The fraction of sp³-hybridized carbons (Fsp3) is 0.0741. The van der Waals surface area contributed by atoms with Gasteiger partial charge in [0, 0.05) is 53.9 Å². The van der Waals surface area contributed by atoms with Gasteiger partial charge in [-0.3, -0.25) is 24.0 Å². The van der Waals surface area contributed by atoms with E-state index in [-0.39, 0.29) is 5.69 Å². The van der Waals surface area contributed by atoms with Gasteiger partial charge in [0.05, 0.1) is 34.2 Å². The highest BCUT2D eigenvalue weighted by Gasteiger charge is 2.30. The Hall–Kier alpha value is -4.86. The zero-order valence-corrected chi connectivity index (χ0v) is 19.3. The summed E-state index contributed by atoms with van der Waals surface area (Å²) in [5.41, 5.74) is 2.98. The lowest BCUT2D eigenvalue weighted by molar-refractivity contribution is -0.137. The summed E-state index contributed by atoms with van der Waals surface area (Å²) in [6, 6.07) is 14.9. The Bertz CT molecular complexity index is 1860. The van der Waals surface area contributed by atoms with E-state index < -0.39 is 17.3 Å². The van der Waals surface area contributed by atoms with Crippen LogP contribution in [0.3, 0.4) is 0 Å². The number of rotatable bonds is 3. The van der Waals surface area contributed by atoms with E-state index in [4.69, 9.17) is 4.98 Å². The summed E-state index contributed by atoms with van der Waals surface area (Å²) in [6.45, 7) is 0. The van der Waals surface area contributed by atoms with Gasteiger partial charge in [-0.05, 0) is 48.5 Å². The molecular weight excluding hydrogens is 481 g/mol. The van der Waals surface area contributed by atoms with Crippen LogP contribution in [0.25, 0.3) is 50.1 Å². The molecule has 7 nitrogen and oxygen atoms in total. The van der Waals surface area contributed by atoms with Crippen molar-refractivity contribution >= 4 is 21.9 Å². The number of hydrogen-bond donors (Lipinski definition) is 0. The maximum Gasteiger partial charge on any atom is 0.416 e. The first-order chi connectivity index (χ1) is 17.8. The number of aromatic nitrogens is 6. The zero-order chi connectivity index (χ0) is 25.7. The molecule has 0 N–H and O–H groups in total. The topological polar surface area (TPSA) is 78.5 Å². The minimum Gasteiger partial charge on any atom is -0.275 e. The van der Waals surface area contributed by atoms with E-state index >= 15 is 0 Å². The lowest BCUT2D eigenvalue weighted by Gasteiger charge is -2.14. The van der Waals surface area contributed by atoms with Crippen LogP contribution in [0.1, 0.15) is 5.56 Å². The molecule has 0 bridgehead atoms. The maximum absolute atomic E-state index is 13.4. The summed E-state index contributed by atoms with van der Waals surface area (Å²) in [4.78, 5) is 26.7. The van der Waals surface area contributed by atoms with Crippen molar-refractivity contribution in [3.63, 3.8) is 0 Å². The van der Waals surface area contributed by atoms with Gasteiger partial charge < -0.3 is 0 Å². The Morgan fingerprint density at radius 1 is 0.838 bits per heavy atom. The molecule has 0 spiro atoms. The normalized spacial score (nSPS) is 11.9. The molecular formula is C27H17F3N6O. The largest absolute Gasteiger partial charge is 0.416 e. The Labute approximate surface area is 207 Å². The molecule has 0 unspecified atom stereocenters. The first kappa shape index (κ1) is 22.6. The van der Waals surface area contributed by atoms with Gasteiger partial charge >= 0.3 is 6.18 Å². The highest BCUT2D eigenvalue weighted by molar-refractivity contribution is 6.02. The lowest BCUT2D eigenvalue weighted by Crippen LogP contribution is -2.18. The minimum absolute atomic E-state index is 0.0904. The highest BCUT2D eigenvalue weighted by atomic mass is 19.4. The summed E-state index contributed by atoms with van der Waals surface area (Å²) in [5.74, 6) is 0. The summed E-state index contributed by atoms with van der Waals surface area (Å²) in [7, 11) is 1.83. The van der Waals surface area contributed by atoms with Crippen molar-refractivity contribution < 1.29 is 13.2 Å². The number of fused-ring (bicyclic) bond motifs is 3. The van der Waals surface area contributed by atoms with Crippen LogP contribution < -0.4 is 5.56 Å². The molecule has 0 aliphatic heterocycles. The van der Waals surface area contributed by atoms with E-state index in [0.717, 1.165) is 29.0 Å². The number of hydrogen-bond acceptors (Lipinski definition) is 5. The van der Waals surface area contributed by atoms with Gasteiger partial charge in [-0.25, -0.2) is 4.98 Å². The van der Waals surface area contributed by atoms with Gasteiger partial charge in [0.25, 0.3) is 5.56 Å². The summed E-state index contributed by atoms with van der Waals surface area (Å²) in [6.07, 6.45) is 2.30. The first-order valence-electron chi connectivity index (χ1n) is 11.2. The number of halogens is 3. The smallest absolute Gasteiger partial charge is 0.275 e. The fourth-order valence-corrected chi connectivity index (χ4v) is 4.28. The van der Waals surface area contributed by atoms with Crippen LogP contribution >= 0.6 is 0 Å². The average molecular weight is 498 g/mol. The molecule has 37 heavy (non-hydrogen) atoms. The summed E-state index contributed by atoms with van der Waals surface area (Å²) in [5, 5.41) is 4.73. The molecule has 1 aromatic carbocycles. The van der Waals surface area contributed by atoms with E-state index in [1.165, 1.54) is 22.8 Å². The third-order valence-corrected chi connectivity index (χ3v) is 6.06. The molecule has 0 saturated heterocycles. The molecule has 0 aliphatic rings. The van der Waals surface area contributed by atoms with Crippen molar-refractivity contribution in [2.75, 3.05) is 0 Å². The molecule has 0 atom stereocenters. The molecule has 5 heterocycles. The molecule has 0 aliphatic carbocycles. The van der Waals surface area contributed by atoms with Crippen LogP contribution in [-0.2, 0) is 13.2 Å². The van der Waals surface area contributed by atoms with Crippen LogP contribution in [0.15, 0.2) is 90.2 Å². The second-order valence-corrected chi connectivity index (χ2v) is 8.52. The molecule has 0 radical (unpaired) electrons. The minimum atomic E-state index is -4.55. The lowest BCUT2D eigenvalue weighted by atomic mass is 10.1. The van der Waals surface area contributed by atoms with Gasteiger partial charge in [0.15, 0.2) is 0 Å². The third-order valence-electron chi connectivity index (χ3n) is 6.06. The predicted molar refractivity (Wildman–Crippen MR) is 133 cm³/mol. The van der Waals surface area contributed by atoms with Crippen molar-refractivity contribution in [3.8, 4) is 28.2 Å². The maximum atomic E-state index is 13.4. The Kier molecular flexibility index (Phi) is 5.11. The fourth-order valence-electron chi connectivity index (χ4n) is 4.28. The first-order valence-corrected chi connectivity index (χ1v) is 11.2. The van der Waals surface area contributed by atoms with Crippen LogP contribution in [0, 0.1) is 0 Å². The predicted octanol–water partition coefficient (Wildman–Crippen LogP) is 5.42. The monoisotopic (exact) mass is 498 g/mol. The van der Waals surface area contributed by atoms with Crippen molar-refractivity contribution in [1.82, 2.24) is 29.3 Å². The standard InChI is InChI=1S/C27H17F3N6O/c1-35-15-18(14-33-35)21-7-5-16(12-31-21)22-8-9-23-25(34-22)26-17(13-32-23)6-10-24(37)36(26)20-4-2-3-19(11-20)27(28,29)30/h2-15H,1H3. The van der Waals surface area contributed by atoms with Gasteiger partial charge in [0.1, 0.15) is 5.52 Å². The van der Waals surface area contributed by atoms with Crippen LogP contribution in [0.5, 0.6) is 0 Å². The van der Waals surface area contributed by atoms with E-state index in [2.05, 4.69) is 15.1 Å². The molecule has 0 fully saturated rings. The van der Waals surface area contributed by atoms with Gasteiger partial charge in [-0.15, -0.1) is 0 Å². The van der Waals surface area contributed by atoms with Crippen molar-refractivity contribution in [3.05, 3.63) is 101 Å². The van der Waals surface area contributed by atoms with Gasteiger partial charge in [-0.2, -0.15) is 18.3 Å². The number of alkyl halides is 3. The second kappa shape index (κ2) is 8.37. The Balaban J connectivity index is 1.54. The van der Waals surface area contributed by atoms with Crippen LogP contribution in [0.2, 0.25) is 0 Å². The van der Waals surface area contributed by atoms with E-state index in [0.29, 0.717) is 27.6 Å². The summed E-state index contributed by atoms with van der Waals surface area (Å²) < 4.78 is 43.2. The average Bonchev–Trinajstić information content (AvgIpc) is 3.34. The molecule has 6 rings (SSSR count). The molecule has 10 heteroatoms. The molecule has 6 aromatic rings. The highest BCUT2D eigenvalue weighted by Crippen LogP contribution is 2.32. The van der Waals surface area contributed by atoms with E-state index in [9.17, 15) is 18.0 Å². The third kappa shape index (κ3) is 4.02. The van der Waals surface area contributed by atoms with Gasteiger partial charge in [-0.1, -0.05) is 6.07 Å². The van der Waals surface area contributed by atoms with Crippen LogP contribution in [0.4, 0.5) is 13.2 Å². The number of aryl methyl sites for hydroxylation is 1. The summed E-state index contributed by atoms with van der Waals surface area (Å²) >= 11 is 0. The molecule has 0 saturated carbocycles. The van der Waals surface area contributed by atoms with Crippen molar-refractivity contribution in [1.29, 1.82) is 0 Å². The van der Waals surface area contributed by atoms with E-state index in [1.54, 1.807) is 41.5 Å². The SMILES string of the molecule is Cn1cc(-c2ccc(-c3ccc4ncc5ccc(=O)n(-c6cccc(C(F)(F)F)c6)c5c4n3)cn2)cn1. The number of benzene rings is 1. The molecule has 5 aromatic heterocycles. The molecule has 182 valence electrons. The zero-order valence-electron chi connectivity index (χ0n) is 19.3. The molecule has 0 amide bonds. The van der Waals surface area contributed by atoms with Gasteiger partial charge in [0.2, 0.25) is 0 Å². The van der Waals surface area contributed by atoms with Crippen molar-refractivity contribution in [2.24, 2.45) is 7.05 Å². The van der Waals surface area contributed by atoms with Crippen molar-refractivity contribution in [2.45, 2.75) is 6.18 Å². The quantitative estimate of drug-likeness (QED) is 0.305. The second-order valence-electron chi connectivity index (χ2n) is 8.52.